The summed E-state index contributed by atoms with van der Waals surface area (Å²) in [5, 5.41) is 11.7. The van der Waals surface area contributed by atoms with Crippen molar-refractivity contribution in [3.8, 4) is 0 Å². The van der Waals surface area contributed by atoms with Crippen LogP contribution in [0.2, 0.25) is 5.02 Å². The van der Waals surface area contributed by atoms with E-state index in [0.29, 0.717) is 5.56 Å². The fourth-order valence-electron chi connectivity index (χ4n) is 1.55. The molecular formula is C14H16ClNO6. The Kier molecular flexibility index (Phi) is 6.65. The summed E-state index contributed by atoms with van der Waals surface area (Å²) in [6.45, 7) is 2.95. The van der Waals surface area contributed by atoms with Crippen molar-refractivity contribution in [1.82, 2.24) is 5.32 Å². The monoisotopic (exact) mass is 329 g/mol. The van der Waals surface area contributed by atoms with Gasteiger partial charge in [0.05, 0.1) is 5.56 Å². The van der Waals surface area contributed by atoms with Crippen LogP contribution in [0.1, 0.15) is 36.2 Å². The van der Waals surface area contributed by atoms with Crippen LogP contribution in [0.5, 0.6) is 0 Å². The highest BCUT2D eigenvalue weighted by Gasteiger charge is 2.15. The molecule has 120 valence electrons. The largest absolute Gasteiger partial charge is 0.478 e. The number of carboxylic acids is 1. The van der Waals surface area contributed by atoms with Crippen LogP contribution in [0, 0.1) is 0 Å². The Morgan fingerprint density at radius 2 is 2.00 bits per heavy atom. The summed E-state index contributed by atoms with van der Waals surface area (Å²) in [5.41, 5.74) is 0.352. The Morgan fingerprint density at radius 1 is 1.32 bits per heavy atom. The van der Waals surface area contributed by atoms with E-state index in [1.807, 2.05) is 0 Å². The lowest BCUT2D eigenvalue weighted by Gasteiger charge is -2.14. The van der Waals surface area contributed by atoms with Gasteiger partial charge in [-0.05, 0) is 17.7 Å². The van der Waals surface area contributed by atoms with Crippen LogP contribution in [0.3, 0.4) is 0 Å². The van der Waals surface area contributed by atoms with E-state index in [1.165, 1.54) is 25.1 Å². The fraction of sp³-hybridized carbons (Fsp3) is 0.357. The summed E-state index contributed by atoms with van der Waals surface area (Å²) in [5.74, 6) is -1.65. The van der Waals surface area contributed by atoms with Crippen LogP contribution in [-0.4, -0.2) is 29.4 Å². The quantitative estimate of drug-likeness (QED) is 0.614. The van der Waals surface area contributed by atoms with E-state index in [0.717, 1.165) is 0 Å². The van der Waals surface area contributed by atoms with E-state index in [1.54, 1.807) is 6.92 Å². The molecule has 0 heterocycles. The zero-order valence-electron chi connectivity index (χ0n) is 12.1. The minimum atomic E-state index is -1.15. The van der Waals surface area contributed by atoms with Crippen molar-refractivity contribution in [1.29, 1.82) is 0 Å². The highest BCUT2D eigenvalue weighted by atomic mass is 35.5. The number of alkyl carbamates (subject to hydrolysis) is 1. The average molecular weight is 330 g/mol. The number of benzene rings is 1. The van der Waals surface area contributed by atoms with Crippen LogP contribution in [0.25, 0.3) is 0 Å². The van der Waals surface area contributed by atoms with E-state index in [9.17, 15) is 14.4 Å². The molecule has 0 saturated heterocycles. The Hall–Kier alpha value is -2.28. The number of amides is 1. The molecule has 0 aliphatic carbocycles. The molecule has 1 aromatic carbocycles. The molecule has 0 radical (unpaired) electrons. The molecule has 7 nitrogen and oxygen atoms in total. The molecular weight excluding hydrogens is 314 g/mol. The standard InChI is InChI=1S/C14H16ClNO6/c1-3-12(17)21-8(2)22-14(20)16-7-9-4-5-10(15)6-11(9)13(18)19/h4-6,8H,3,7H2,1-2H3,(H,16,20)(H,18,19)/t8-/m0/s1. The third-order valence-electron chi connectivity index (χ3n) is 2.58. The van der Waals surface area contributed by atoms with Crippen LogP contribution in [-0.2, 0) is 20.8 Å². The van der Waals surface area contributed by atoms with Crippen molar-refractivity contribution in [2.24, 2.45) is 0 Å². The predicted octanol–water partition coefficient (Wildman–Crippen LogP) is 2.56. The number of ether oxygens (including phenoxy) is 2. The molecule has 0 bridgehead atoms. The SMILES string of the molecule is CCC(=O)O[C@H](C)OC(=O)NCc1ccc(Cl)cc1C(=O)O. The fourth-order valence-corrected chi connectivity index (χ4v) is 1.73. The first kappa shape index (κ1) is 17.8. The van der Waals surface area contributed by atoms with Gasteiger partial charge in [0, 0.05) is 24.9 Å². The van der Waals surface area contributed by atoms with Crippen molar-refractivity contribution in [3.63, 3.8) is 0 Å². The van der Waals surface area contributed by atoms with E-state index in [-0.39, 0.29) is 23.6 Å². The third-order valence-corrected chi connectivity index (χ3v) is 2.82. The molecule has 1 rings (SSSR count). The van der Waals surface area contributed by atoms with Gasteiger partial charge in [-0.25, -0.2) is 9.59 Å². The van der Waals surface area contributed by atoms with Gasteiger partial charge >= 0.3 is 18.0 Å². The Balaban J connectivity index is 2.57. The summed E-state index contributed by atoms with van der Waals surface area (Å²) in [7, 11) is 0. The number of nitrogens with one attached hydrogen (secondary N) is 1. The highest BCUT2D eigenvalue weighted by Crippen LogP contribution is 2.16. The third kappa shape index (κ3) is 5.61. The zero-order chi connectivity index (χ0) is 16.7. The minimum Gasteiger partial charge on any atom is -0.478 e. The number of rotatable bonds is 6. The van der Waals surface area contributed by atoms with E-state index < -0.39 is 24.3 Å². The maximum absolute atomic E-state index is 11.5. The zero-order valence-corrected chi connectivity index (χ0v) is 12.8. The van der Waals surface area contributed by atoms with Crippen LogP contribution < -0.4 is 5.32 Å². The molecule has 8 heteroatoms. The smallest absolute Gasteiger partial charge is 0.410 e. The number of carbonyl (C=O) groups excluding carboxylic acids is 2. The van der Waals surface area contributed by atoms with Gasteiger partial charge < -0.3 is 19.9 Å². The van der Waals surface area contributed by atoms with Crippen LogP contribution >= 0.6 is 11.6 Å². The van der Waals surface area contributed by atoms with Gasteiger partial charge in [0.1, 0.15) is 0 Å². The number of carboxylic acid groups (broad SMARTS) is 1. The average Bonchev–Trinajstić information content (AvgIpc) is 2.45. The predicted molar refractivity (Wildman–Crippen MR) is 77.6 cm³/mol. The van der Waals surface area contributed by atoms with Crippen LogP contribution in [0.4, 0.5) is 4.79 Å². The maximum atomic E-state index is 11.5. The van der Waals surface area contributed by atoms with Gasteiger partial charge in [0.15, 0.2) is 0 Å². The van der Waals surface area contributed by atoms with Gasteiger partial charge in [-0.15, -0.1) is 0 Å². The molecule has 0 saturated carbocycles. The van der Waals surface area contributed by atoms with Crippen molar-refractivity contribution in [3.05, 3.63) is 34.3 Å². The van der Waals surface area contributed by atoms with Crippen molar-refractivity contribution < 1.29 is 29.0 Å². The summed E-state index contributed by atoms with van der Waals surface area (Å²) >= 11 is 5.73. The van der Waals surface area contributed by atoms with Crippen LogP contribution in [0.15, 0.2) is 18.2 Å². The topological polar surface area (TPSA) is 102 Å². The second-order valence-corrected chi connectivity index (χ2v) is 4.71. The summed E-state index contributed by atoms with van der Waals surface area (Å²) < 4.78 is 9.57. The maximum Gasteiger partial charge on any atom is 0.410 e. The van der Waals surface area contributed by atoms with Crippen molar-refractivity contribution in [2.45, 2.75) is 33.1 Å². The summed E-state index contributed by atoms with van der Waals surface area (Å²) in [6, 6.07) is 4.30. The van der Waals surface area contributed by atoms with Gasteiger partial charge in [0.25, 0.3) is 0 Å². The number of carbonyl (C=O) groups is 3. The molecule has 0 fully saturated rings. The second kappa shape index (κ2) is 8.23. The first-order valence-electron chi connectivity index (χ1n) is 6.49. The summed E-state index contributed by atoms with van der Waals surface area (Å²) in [4.78, 5) is 33.7. The van der Waals surface area contributed by atoms with Gasteiger partial charge in [-0.2, -0.15) is 0 Å². The molecule has 0 spiro atoms. The lowest BCUT2D eigenvalue weighted by molar-refractivity contribution is -0.164. The number of hydrogen-bond donors (Lipinski definition) is 2. The van der Waals surface area contributed by atoms with Crippen molar-refractivity contribution >= 4 is 29.6 Å². The minimum absolute atomic E-state index is 0.0155. The Bertz CT molecular complexity index is 574. The molecule has 0 unspecified atom stereocenters. The molecule has 1 atom stereocenters. The molecule has 0 aliphatic heterocycles. The highest BCUT2D eigenvalue weighted by molar-refractivity contribution is 6.30. The lowest BCUT2D eigenvalue weighted by atomic mass is 10.1. The normalized spacial score (nSPS) is 11.4. The van der Waals surface area contributed by atoms with Crippen molar-refractivity contribution in [2.75, 3.05) is 0 Å². The first-order chi connectivity index (χ1) is 10.3. The first-order valence-corrected chi connectivity index (χ1v) is 6.87. The van der Waals surface area contributed by atoms with Gasteiger partial charge in [-0.3, -0.25) is 4.79 Å². The molecule has 2 N–H and O–H groups in total. The molecule has 1 amide bonds. The van der Waals surface area contributed by atoms with E-state index in [2.05, 4.69) is 5.32 Å². The lowest BCUT2D eigenvalue weighted by Crippen LogP contribution is -2.30. The molecule has 0 aromatic heterocycles. The van der Waals surface area contributed by atoms with Gasteiger partial charge in [-0.1, -0.05) is 24.6 Å². The van der Waals surface area contributed by atoms with Gasteiger partial charge in [0.2, 0.25) is 6.29 Å². The Morgan fingerprint density at radius 3 is 2.59 bits per heavy atom. The Labute approximate surface area is 132 Å². The molecule has 0 aliphatic rings. The number of hydrogen-bond acceptors (Lipinski definition) is 5. The molecule has 22 heavy (non-hydrogen) atoms. The number of halogens is 1. The van der Waals surface area contributed by atoms with E-state index >= 15 is 0 Å². The van der Waals surface area contributed by atoms with E-state index in [4.69, 9.17) is 26.2 Å². The summed E-state index contributed by atoms with van der Waals surface area (Å²) in [6.07, 6.45) is -1.69. The number of esters is 1. The molecule has 1 aromatic rings. The second-order valence-electron chi connectivity index (χ2n) is 4.28. The number of aromatic carboxylic acids is 1.